The number of aromatic nitrogens is 1. The van der Waals surface area contributed by atoms with E-state index in [-0.39, 0.29) is 18.6 Å². The fourth-order valence-electron chi connectivity index (χ4n) is 3.14. The summed E-state index contributed by atoms with van der Waals surface area (Å²) in [6.45, 7) is 0.147. The Morgan fingerprint density at radius 3 is 2.76 bits per heavy atom. The Morgan fingerprint density at radius 2 is 2.00 bits per heavy atom. The molecule has 29 heavy (non-hydrogen) atoms. The van der Waals surface area contributed by atoms with Crippen LogP contribution < -0.4 is 10.5 Å². The molecule has 1 aromatic heterocycles. The van der Waals surface area contributed by atoms with Crippen molar-refractivity contribution < 1.29 is 17.8 Å². The third-order valence-electron chi connectivity index (χ3n) is 4.63. The van der Waals surface area contributed by atoms with Gasteiger partial charge in [0.05, 0.1) is 35.1 Å². The van der Waals surface area contributed by atoms with Gasteiger partial charge in [0.2, 0.25) is 0 Å². The van der Waals surface area contributed by atoms with Crippen LogP contribution in [0.3, 0.4) is 0 Å². The molecule has 0 atom stereocenters. The predicted molar refractivity (Wildman–Crippen MR) is 111 cm³/mol. The molecule has 0 saturated carbocycles. The number of hydroxylamine groups is 1. The number of likely N-dealkylation sites (N-methyl/N-ethyl adjacent to an activating group) is 1. The van der Waals surface area contributed by atoms with Gasteiger partial charge in [-0.2, -0.15) is 12.7 Å². The average molecular weight is 434 g/mol. The monoisotopic (exact) mass is 433 g/mol. The lowest BCUT2D eigenvalue weighted by Gasteiger charge is -2.23. The zero-order valence-electron chi connectivity index (χ0n) is 15.2. The second kappa shape index (κ2) is 7.36. The number of benzene rings is 1. The van der Waals surface area contributed by atoms with Gasteiger partial charge in [0.25, 0.3) is 0 Å². The van der Waals surface area contributed by atoms with Crippen molar-refractivity contribution in [3.63, 3.8) is 0 Å². The summed E-state index contributed by atoms with van der Waals surface area (Å²) < 4.78 is 32.6. The van der Waals surface area contributed by atoms with Gasteiger partial charge in [-0.25, -0.2) is 5.06 Å². The molecule has 1 N–H and O–H groups in total. The third kappa shape index (κ3) is 3.83. The molecule has 0 radical (unpaired) electrons. The largest absolute Gasteiger partial charge is 0.336 e. The Kier molecular flexibility index (Phi) is 5.01. The normalized spacial score (nSPS) is 14.8. The Bertz CT molecular complexity index is 1330. The second-order valence-electron chi connectivity index (χ2n) is 6.54. The predicted octanol–water partition coefficient (Wildman–Crippen LogP) is 2.77. The summed E-state index contributed by atoms with van der Waals surface area (Å²) in [6, 6.07) is 10.4. The molecule has 3 aromatic rings. The van der Waals surface area contributed by atoms with Crippen molar-refractivity contribution in [2.75, 3.05) is 25.3 Å². The minimum atomic E-state index is -4.33. The first-order valence-corrected chi connectivity index (χ1v) is 10.3. The lowest BCUT2D eigenvalue weighted by molar-refractivity contribution is 0.172. The number of hydrogen-bond donors (Lipinski definition) is 1. The minimum Gasteiger partial charge on any atom is -0.289 e. The number of rotatable bonds is 4. The van der Waals surface area contributed by atoms with Gasteiger partial charge in [-0.1, -0.05) is 23.7 Å². The maximum atomic E-state index is 13.1. The molecule has 8 nitrogen and oxygen atoms in total. The maximum Gasteiger partial charge on any atom is 0.336 e. The van der Waals surface area contributed by atoms with Gasteiger partial charge in [-0.3, -0.25) is 19.2 Å². The Labute approximate surface area is 171 Å². The number of halogens is 1. The third-order valence-corrected chi connectivity index (χ3v) is 5.75. The maximum absolute atomic E-state index is 13.1. The van der Waals surface area contributed by atoms with Crippen LogP contribution in [0.25, 0.3) is 21.7 Å². The highest BCUT2D eigenvalue weighted by molar-refractivity contribution is 7.83. The molecule has 10 heteroatoms. The average Bonchev–Trinajstić information content (AvgIpc) is 3.08. The zero-order chi connectivity index (χ0) is 20.8. The topological polar surface area (TPSA) is 100 Å². The quantitative estimate of drug-likeness (QED) is 0.631. The highest BCUT2D eigenvalue weighted by Crippen LogP contribution is 2.27. The highest BCUT2D eigenvalue weighted by Gasteiger charge is 2.24. The van der Waals surface area contributed by atoms with Crippen molar-refractivity contribution in [2.45, 2.75) is 0 Å². The molecule has 1 aliphatic heterocycles. The van der Waals surface area contributed by atoms with Crippen LogP contribution in [-0.4, -0.2) is 42.5 Å². The van der Waals surface area contributed by atoms with Crippen LogP contribution in [0.2, 0.25) is 5.02 Å². The van der Waals surface area contributed by atoms with Gasteiger partial charge in [0.1, 0.15) is 0 Å². The Hall–Kier alpha value is -2.56. The summed E-state index contributed by atoms with van der Waals surface area (Å²) in [4.78, 5) is 22.9. The number of hydrogen-bond acceptors (Lipinski definition) is 6. The first-order chi connectivity index (χ1) is 13.7. The second-order valence-corrected chi connectivity index (χ2v) is 8.50. The number of nitrogens with zero attached hydrogens (tertiary/aromatic N) is 3. The Balaban J connectivity index is 1.81. The fourth-order valence-corrected chi connectivity index (χ4v) is 3.60. The number of pyridine rings is 1. The van der Waals surface area contributed by atoms with Gasteiger partial charge in [-0.05, 0) is 35.7 Å². The minimum absolute atomic E-state index is 0.0911. The van der Waals surface area contributed by atoms with Crippen molar-refractivity contribution in [1.29, 1.82) is 0 Å². The van der Waals surface area contributed by atoms with Gasteiger partial charge < -0.3 is 0 Å². The van der Waals surface area contributed by atoms with Gasteiger partial charge >= 0.3 is 10.3 Å². The Morgan fingerprint density at radius 1 is 1.24 bits per heavy atom. The number of anilines is 1. The van der Waals surface area contributed by atoms with E-state index >= 15 is 0 Å². The highest BCUT2D eigenvalue weighted by atomic mass is 35.5. The molecule has 0 spiro atoms. The summed E-state index contributed by atoms with van der Waals surface area (Å²) in [7, 11) is -3.08. The molecule has 4 rings (SSSR count). The van der Waals surface area contributed by atoms with E-state index in [1.54, 1.807) is 42.5 Å². The van der Waals surface area contributed by atoms with E-state index in [1.165, 1.54) is 18.3 Å². The lowest BCUT2D eigenvalue weighted by atomic mass is 10.1. The van der Waals surface area contributed by atoms with Crippen LogP contribution in [0.4, 0.5) is 5.69 Å². The summed E-state index contributed by atoms with van der Waals surface area (Å²) in [5.74, 6) is 0. The molecule has 1 aliphatic rings. The molecule has 2 aromatic carbocycles. The first-order valence-electron chi connectivity index (χ1n) is 8.57. The van der Waals surface area contributed by atoms with E-state index in [4.69, 9.17) is 16.4 Å². The first kappa shape index (κ1) is 19.7. The van der Waals surface area contributed by atoms with E-state index < -0.39 is 10.3 Å². The van der Waals surface area contributed by atoms with E-state index in [9.17, 15) is 17.8 Å². The number of fused-ring (bicyclic) bond motifs is 2. The molecule has 150 valence electrons. The van der Waals surface area contributed by atoms with Gasteiger partial charge in [0, 0.05) is 24.0 Å². The SMILES string of the molecule is CN(CC1=CCON1c1ccc2ccc3ncc(Cl)cc3c(=O)c2c1)S(=O)(=O)O. The smallest absolute Gasteiger partial charge is 0.289 e. The molecule has 2 heterocycles. The summed E-state index contributed by atoms with van der Waals surface area (Å²) in [6.07, 6.45) is 3.19. The van der Waals surface area contributed by atoms with E-state index in [1.807, 2.05) is 0 Å². The lowest BCUT2D eigenvalue weighted by Crippen LogP contribution is -2.32. The van der Waals surface area contributed by atoms with Crippen molar-refractivity contribution in [3.8, 4) is 0 Å². The van der Waals surface area contributed by atoms with Crippen molar-refractivity contribution >= 4 is 49.3 Å². The van der Waals surface area contributed by atoms with Crippen LogP contribution in [0.1, 0.15) is 0 Å². The van der Waals surface area contributed by atoms with E-state index in [2.05, 4.69) is 4.98 Å². The van der Waals surface area contributed by atoms with Crippen molar-refractivity contribution in [2.24, 2.45) is 0 Å². The standard InChI is InChI=1S/C19H16ClN3O5S/c1-22(29(25,26)27)11-15-6-7-28-23(15)14-4-2-12-3-5-18-17(8-13(20)10-21-18)19(24)16(12)9-14/h2-6,8-10H,7,11H2,1H3,(H,25,26,27). The van der Waals surface area contributed by atoms with Crippen molar-refractivity contribution in [1.82, 2.24) is 9.29 Å². The molecule has 0 aliphatic carbocycles. The summed E-state index contributed by atoms with van der Waals surface area (Å²) in [5, 5.41) is 3.37. The molecular formula is C19H16ClN3O5S. The molecule has 0 amide bonds. The van der Waals surface area contributed by atoms with Crippen LogP contribution in [0.15, 0.2) is 59.2 Å². The summed E-state index contributed by atoms with van der Waals surface area (Å²) in [5.41, 5.74) is 1.38. The van der Waals surface area contributed by atoms with Crippen LogP contribution in [0.5, 0.6) is 0 Å². The van der Waals surface area contributed by atoms with Crippen LogP contribution in [0, 0.1) is 0 Å². The van der Waals surface area contributed by atoms with Crippen molar-refractivity contribution in [3.05, 3.63) is 69.6 Å². The van der Waals surface area contributed by atoms with Crippen LogP contribution in [-0.2, 0) is 15.1 Å². The van der Waals surface area contributed by atoms with E-state index in [0.29, 0.717) is 38.1 Å². The summed E-state index contributed by atoms with van der Waals surface area (Å²) >= 11 is 6.01. The molecule has 0 bridgehead atoms. The van der Waals surface area contributed by atoms with Gasteiger partial charge in [0.15, 0.2) is 5.43 Å². The van der Waals surface area contributed by atoms with Gasteiger partial charge in [-0.15, -0.1) is 0 Å². The molecule has 0 unspecified atom stereocenters. The fraction of sp³-hybridized carbons (Fsp3) is 0.158. The molecule has 0 fully saturated rings. The zero-order valence-corrected chi connectivity index (χ0v) is 16.8. The molecular weight excluding hydrogens is 418 g/mol. The molecule has 0 saturated heterocycles. The van der Waals surface area contributed by atoms with Crippen LogP contribution >= 0.6 is 11.6 Å². The van der Waals surface area contributed by atoms with E-state index in [0.717, 1.165) is 4.31 Å².